The summed E-state index contributed by atoms with van der Waals surface area (Å²) in [5.41, 5.74) is 2.45. The van der Waals surface area contributed by atoms with Gasteiger partial charge < -0.3 is 14.8 Å². The van der Waals surface area contributed by atoms with Gasteiger partial charge in [0, 0.05) is 16.0 Å². The number of nitrogens with zero attached hydrogens (tertiary/aromatic N) is 1. The van der Waals surface area contributed by atoms with Gasteiger partial charge in [-0.3, -0.25) is 4.79 Å². The molecule has 0 fully saturated rings. The Morgan fingerprint density at radius 3 is 2.26 bits per heavy atom. The van der Waals surface area contributed by atoms with Crippen LogP contribution in [0.3, 0.4) is 0 Å². The Hall–Kier alpha value is -3.46. The molecule has 2 heterocycles. The Morgan fingerprint density at radius 1 is 0.923 bits per heavy atom. The number of amides is 1. The number of pyridine rings is 1. The van der Waals surface area contributed by atoms with Crippen LogP contribution in [0.4, 0.5) is 5.00 Å². The van der Waals surface area contributed by atoms with E-state index in [0.29, 0.717) is 43.3 Å². The van der Waals surface area contributed by atoms with Crippen LogP contribution in [0.15, 0.2) is 48.5 Å². The van der Waals surface area contributed by atoms with E-state index in [-0.39, 0.29) is 21.5 Å². The Kier molecular flexibility index (Phi) is 8.59. The van der Waals surface area contributed by atoms with E-state index >= 15 is 0 Å². The topological polar surface area (TPSA) is 94.6 Å². The van der Waals surface area contributed by atoms with Crippen molar-refractivity contribution in [2.24, 2.45) is 0 Å². The summed E-state index contributed by atoms with van der Waals surface area (Å²) < 4.78 is 10.8. The molecule has 0 bridgehead atoms. The molecule has 1 N–H and O–H groups in total. The number of rotatable bonds is 7. The fourth-order valence-electron chi connectivity index (χ4n) is 3.95. The highest BCUT2D eigenvalue weighted by Crippen LogP contribution is 2.36. The van der Waals surface area contributed by atoms with Crippen LogP contribution in [-0.4, -0.2) is 35.0 Å². The minimum atomic E-state index is -0.647. The van der Waals surface area contributed by atoms with Crippen LogP contribution < -0.4 is 5.32 Å². The number of ether oxygens (including phenoxy) is 2. The van der Waals surface area contributed by atoms with E-state index in [0.717, 1.165) is 11.3 Å². The summed E-state index contributed by atoms with van der Waals surface area (Å²) in [7, 11) is 0. The Balaban J connectivity index is 1.81. The van der Waals surface area contributed by atoms with Crippen LogP contribution in [-0.2, 0) is 9.47 Å². The van der Waals surface area contributed by atoms with Crippen LogP contribution in [0.2, 0.25) is 10.0 Å². The zero-order valence-corrected chi connectivity index (χ0v) is 24.3. The summed E-state index contributed by atoms with van der Waals surface area (Å²) >= 11 is 13.5. The van der Waals surface area contributed by atoms with E-state index in [4.69, 9.17) is 37.7 Å². The van der Waals surface area contributed by atoms with Gasteiger partial charge in [-0.05, 0) is 70.5 Å². The van der Waals surface area contributed by atoms with E-state index in [9.17, 15) is 14.4 Å². The third-order valence-electron chi connectivity index (χ3n) is 5.62. The molecule has 0 aliphatic heterocycles. The van der Waals surface area contributed by atoms with E-state index in [1.165, 1.54) is 0 Å². The lowest BCUT2D eigenvalue weighted by Gasteiger charge is -2.13. The van der Waals surface area contributed by atoms with Gasteiger partial charge >= 0.3 is 11.9 Å². The standard InChI is InChI=1S/C29H26Cl2N2O5S/c1-14(2)37-28(35)24-16(5)25(29(36)38-15(3)4)39-27(24)33-26(34)20-13-23(19-11-10-17(30)12-21(19)31)32-22-9-7-6-8-18(20)22/h6-15H,1-5H3,(H,33,34). The second-order valence-corrected chi connectivity index (χ2v) is 11.2. The second-order valence-electron chi connectivity index (χ2n) is 9.32. The van der Waals surface area contributed by atoms with Crippen LogP contribution >= 0.6 is 34.5 Å². The summed E-state index contributed by atoms with van der Waals surface area (Å²) in [6.45, 7) is 8.53. The molecule has 2 aromatic heterocycles. The Bertz CT molecular complexity index is 1600. The van der Waals surface area contributed by atoms with E-state index < -0.39 is 23.9 Å². The van der Waals surface area contributed by atoms with E-state index in [1.807, 2.05) is 6.07 Å². The van der Waals surface area contributed by atoms with Crippen molar-refractivity contribution < 1.29 is 23.9 Å². The Morgan fingerprint density at radius 2 is 1.59 bits per heavy atom. The first kappa shape index (κ1) is 28.5. The zero-order valence-electron chi connectivity index (χ0n) is 21.9. The van der Waals surface area contributed by atoms with Crippen molar-refractivity contribution in [3.8, 4) is 11.3 Å². The minimum absolute atomic E-state index is 0.108. The Labute approximate surface area is 240 Å². The van der Waals surface area contributed by atoms with Crippen molar-refractivity contribution in [1.82, 2.24) is 4.98 Å². The molecular weight excluding hydrogens is 559 g/mol. The average molecular weight is 586 g/mol. The van der Waals surface area contributed by atoms with Gasteiger partial charge in [-0.15, -0.1) is 11.3 Å². The number of fused-ring (bicyclic) bond motifs is 1. The van der Waals surface area contributed by atoms with Gasteiger partial charge in [-0.1, -0.05) is 41.4 Å². The van der Waals surface area contributed by atoms with Gasteiger partial charge in [-0.25, -0.2) is 14.6 Å². The molecule has 0 saturated carbocycles. The SMILES string of the molecule is Cc1c(C(=O)OC(C)C)sc(NC(=O)c2cc(-c3ccc(Cl)cc3Cl)nc3ccccc23)c1C(=O)OC(C)C. The molecule has 10 heteroatoms. The molecule has 0 spiro atoms. The molecule has 0 saturated heterocycles. The minimum Gasteiger partial charge on any atom is -0.459 e. The van der Waals surface area contributed by atoms with Crippen molar-refractivity contribution >= 4 is 68.3 Å². The number of nitrogens with one attached hydrogen (secondary N) is 1. The van der Waals surface area contributed by atoms with Gasteiger partial charge in [0.1, 0.15) is 9.88 Å². The summed E-state index contributed by atoms with van der Waals surface area (Å²) in [6, 6.07) is 13.9. The predicted molar refractivity (Wildman–Crippen MR) is 155 cm³/mol. The number of hydrogen-bond acceptors (Lipinski definition) is 7. The van der Waals surface area contributed by atoms with E-state index in [1.54, 1.807) is 77.1 Å². The van der Waals surface area contributed by atoms with Crippen molar-refractivity contribution in [1.29, 1.82) is 0 Å². The molecule has 0 aliphatic carbocycles. The maximum Gasteiger partial charge on any atom is 0.348 e. The molecule has 1 amide bonds. The molecule has 39 heavy (non-hydrogen) atoms. The zero-order chi connectivity index (χ0) is 28.4. The molecule has 0 unspecified atom stereocenters. The number of aromatic nitrogens is 1. The highest BCUT2D eigenvalue weighted by molar-refractivity contribution is 7.18. The normalized spacial score (nSPS) is 11.2. The van der Waals surface area contributed by atoms with Crippen molar-refractivity contribution in [2.45, 2.75) is 46.8 Å². The number of hydrogen-bond donors (Lipinski definition) is 1. The highest BCUT2D eigenvalue weighted by atomic mass is 35.5. The highest BCUT2D eigenvalue weighted by Gasteiger charge is 2.29. The largest absolute Gasteiger partial charge is 0.459 e. The smallest absolute Gasteiger partial charge is 0.348 e. The summed E-state index contributed by atoms with van der Waals surface area (Å²) in [6.07, 6.45) is -0.758. The molecule has 202 valence electrons. The lowest BCUT2D eigenvalue weighted by molar-refractivity contribution is 0.0378. The number of carbonyl (C=O) groups excluding carboxylic acids is 3. The molecule has 4 rings (SSSR count). The first-order valence-corrected chi connectivity index (χ1v) is 13.8. The van der Waals surface area contributed by atoms with Gasteiger partial charge in [0.05, 0.1) is 39.6 Å². The fourth-order valence-corrected chi connectivity index (χ4v) is 5.53. The molecule has 2 aromatic carbocycles. The van der Waals surface area contributed by atoms with Crippen molar-refractivity contribution in [3.05, 3.63) is 80.1 Å². The van der Waals surface area contributed by atoms with Crippen LogP contribution in [0.1, 0.15) is 63.6 Å². The molecule has 7 nitrogen and oxygen atoms in total. The lowest BCUT2D eigenvalue weighted by Crippen LogP contribution is -2.17. The van der Waals surface area contributed by atoms with Crippen molar-refractivity contribution in [2.75, 3.05) is 5.32 Å². The van der Waals surface area contributed by atoms with Gasteiger partial charge in [0.25, 0.3) is 5.91 Å². The second kappa shape index (κ2) is 11.7. The number of carbonyl (C=O) groups is 3. The number of esters is 2. The summed E-state index contributed by atoms with van der Waals surface area (Å²) in [5.74, 6) is -1.73. The maximum atomic E-state index is 13.8. The monoisotopic (exact) mass is 584 g/mol. The fraction of sp³-hybridized carbons (Fsp3) is 0.241. The molecular formula is C29H26Cl2N2O5S. The van der Waals surface area contributed by atoms with Crippen LogP contribution in [0, 0.1) is 6.92 Å². The van der Waals surface area contributed by atoms with Crippen LogP contribution in [0.5, 0.6) is 0 Å². The third kappa shape index (κ3) is 6.24. The van der Waals surface area contributed by atoms with Crippen molar-refractivity contribution in [3.63, 3.8) is 0 Å². The number of halogens is 2. The molecule has 0 radical (unpaired) electrons. The van der Waals surface area contributed by atoms with E-state index in [2.05, 4.69) is 5.32 Å². The average Bonchev–Trinajstić information content (AvgIpc) is 3.18. The van der Waals surface area contributed by atoms with Gasteiger partial charge in [0.15, 0.2) is 0 Å². The first-order chi connectivity index (χ1) is 18.5. The summed E-state index contributed by atoms with van der Waals surface area (Å²) in [4.78, 5) is 44.5. The number of benzene rings is 2. The molecule has 0 aliphatic rings. The number of para-hydroxylation sites is 1. The molecule has 0 atom stereocenters. The van der Waals surface area contributed by atoms with Gasteiger partial charge in [0.2, 0.25) is 0 Å². The number of thiophene rings is 1. The van der Waals surface area contributed by atoms with Crippen LogP contribution in [0.25, 0.3) is 22.2 Å². The first-order valence-electron chi connectivity index (χ1n) is 12.2. The predicted octanol–water partition coefficient (Wildman–Crippen LogP) is 7.96. The quantitative estimate of drug-likeness (QED) is 0.221. The summed E-state index contributed by atoms with van der Waals surface area (Å²) in [5, 5.41) is 4.48. The third-order valence-corrected chi connectivity index (χ3v) is 7.35. The van der Waals surface area contributed by atoms with Gasteiger partial charge in [-0.2, -0.15) is 0 Å². The lowest BCUT2D eigenvalue weighted by atomic mass is 10.0. The number of anilines is 1. The molecule has 4 aromatic rings. The maximum absolute atomic E-state index is 13.8.